The van der Waals surface area contributed by atoms with Crippen molar-refractivity contribution in [1.82, 2.24) is 9.97 Å². The number of hydrogen-bond donors (Lipinski definition) is 1. The maximum atomic E-state index is 12.8. The van der Waals surface area contributed by atoms with Crippen molar-refractivity contribution in [3.05, 3.63) is 22.8 Å². The lowest BCUT2D eigenvalue weighted by Crippen LogP contribution is -2.26. The summed E-state index contributed by atoms with van der Waals surface area (Å²) < 4.78 is 38.3. The first-order chi connectivity index (χ1) is 7.39. The van der Waals surface area contributed by atoms with Crippen LogP contribution in [0.15, 0.2) is 0 Å². The third-order valence-electron chi connectivity index (χ3n) is 2.70. The Morgan fingerprint density at radius 3 is 2.62 bits per heavy atom. The van der Waals surface area contributed by atoms with Crippen molar-refractivity contribution < 1.29 is 13.2 Å². The van der Waals surface area contributed by atoms with Gasteiger partial charge in [-0.3, -0.25) is 0 Å². The molecule has 0 spiro atoms. The van der Waals surface area contributed by atoms with Crippen LogP contribution in [0.2, 0.25) is 0 Å². The average molecular weight is 231 g/mol. The lowest BCUT2D eigenvalue weighted by Gasteiger charge is -2.24. The number of alkyl halides is 3. The summed E-state index contributed by atoms with van der Waals surface area (Å²) in [5.74, 6) is 0.153. The highest BCUT2D eigenvalue weighted by Crippen LogP contribution is 2.37. The molecule has 3 nitrogen and oxygen atoms in total. The summed E-state index contributed by atoms with van der Waals surface area (Å²) in [6, 6.07) is -0.596. The number of halogens is 3. The Morgan fingerprint density at radius 2 is 2.00 bits per heavy atom. The second-order valence-electron chi connectivity index (χ2n) is 3.98. The van der Waals surface area contributed by atoms with E-state index in [1.54, 1.807) is 0 Å². The summed E-state index contributed by atoms with van der Waals surface area (Å²) in [6.07, 6.45) is -2.56. The van der Waals surface area contributed by atoms with E-state index in [0.29, 0.717) is 18.5 Å². The highest BCUT2D eigenvalue weighted by molar-refractivity contribution is 5.33. The van der Waals surface area contributed by atoms with Gasteiger partial charge in [0.2, 0.25) is 0 Å². The van der Waals surface area contributed by atoms with E-state index in [1.807, 2.05) is 0 Å². The molecule has 1 atom stereocenters. The fourth-order valence-electron chi connectivity index (χ4n) is 2.07. The quantitative estimate of drug-likeness (QED) is 0.744. The van der Waals surface area contributed by atoms with Crippen LogP contribution in [0, 0.1) is 6.92 Å². The molecule has 16 heavy (non-hydrogen) atoms. The van der Waals surface area contributed by atoms with E-state index in [-0.39, 0.29) is 11.4 Å². The van der Waals surface area contributed by atoms with E-state index in [1.165, 1.54) is 6.92 Å². The van der Waals surface area contributed by atoms with Crippen LogP contribution in [0.1, 0.15) is 41.7 Å². The van der Waals surface area contributed by atoms with Crippen molar-refractivity contribution in [3.8, 4) is 0 Å². The Morgan fingerprint density at radius 1 is 1.31 bits per heavy atom. The summed E-state index contributed by atoms with van der Waals surface area (Å²) in [5, 5.41) is 0. The Hall–Kier alpha value is -1.17. The molecule has 0 radical (unpaired) electrons. The van der Waals surface area contributed by atoms with Gasteiger partial charge in [-0.2, -0.15) is 13.2 Å². The van der Waals surface area contributed by atoms with Crippen molar-refractivity contribution in [1.29, 1.82) is 0 Å². The fraction of sp³-hybridized carbons (Fsp3) is 0.600. The van der Waals surface area contributed by atoms with Crippen molar-refractivity contribution in [3.63, 3.8) is 0 Å². The molecule has 1 aliphatic carbocycles. The van der Waals surface area contributed by atoms with Crippen LogP contribution >= 0.6 is 0 Å². The van der Waals surface area contributed by atoms with Crippen LogP contribution in [0.4, 0.5) is 13.2 Å². The van der Waals surface area contributed by atoms with Gasteiger partial charge in [-0.15, -0.1) is 0 Å². The number of nitrogens with zero attached hydrogens (tertiary/aromatic N) is 2. The van der Waals surface area contributed by atoms with Crippen LogP contribution in [0.3, 0.4) is 0 Å². The molecule has 0 aromatic carbocycles. The second kappa shape index (κ2) is 3.69. The van der Waals surface area contributed by atoms with Crippen LogP contribution in [0.5, 0.6) is 0 Å². The van der Waals surface area contributed by atoms with E-state index in [9.17, 15) is 13.2 Å². The minimum Gasteiger partial charge on any atom is -0.324 e. The van der Waals surface area contributed by atoms with Gasteiger partial charge in [0.05, 0.1) is 0 Å². The van der Waals surface area contributed by atoms with Crippen molar-refractivity contribution in [2.75, 3.05) is 0 Å². The zero-order chi connectivity index (χ0) is 11.9. The van der Waals surface area contributed by atoms with Gasteiger partial charge in [0.25, 0.3) is 0 Å². The van der Waals surface area contributed by atoms with E-state index >= 15 is 0 Å². The summed E-state index contributed by atoms with van der Waals surface area (Å²) in [6.45, 7) is 1.47. The molecular weight excluding hydrogens is 219 g/mol. The third-order valence-corrected chi connectivity index (χ3v) is 2.70. The molecule has 2 rings (SSSR count). The maximum Gasteiger partial charge on any atom is 0.433 e. The first-order valence-corrected chi connectivity index (χ1v) is 5.10. The summed E-state index contributed by atoms with van der Waals surface area (Å²) >= 11 is 0. The Kier molecular flexibility index (Phi) is 2.61. The first-order valence-electron chi connectivity index (χ1n) is 5.10. The maximum absolute atomic E-state index is 12.8. The standard InChI is InChI=1S/C10H12F3N3/c1-5-15-7-4-2-3-6(14)8(7)9(16-5)10(11,12)13/h6H,2-4,14H2,1H3. The summed E-state index contributed by atoms with van der Waals surface area (Å²) in [4.78, 5) is 7.54. The van der Waals surface area contributed by atoms with Gasteiger partial charge in [-0.25, -0.2) is 9.97 Å². The molecule has 88 valence electrons. The van der Waals surface area contributed by atoms with Gasteiger partial charge in [0.1, 0.15) is 5.82 Å². The van der Waals surface area contributed by atoms with Crippen molar-refractivity contribution >= 4 is 0 Å². The smallest absolute Gasteiger partial charge is 0.324 e. The van der Waals surface area contributed by atoms with E-state index < -0.39 is 17.9 Å². The third kappa shape index (κ3) is 1.89. The molecule has 6 heteroatoms. The topological polar surface area (TPSA) is 51.8 Å². The number of fused-ring (bicyclic) bond motifs is 1. The monoisotopic (exact) mass is 231 g/mol. The molecule has 2 N–H and O–H groups in total. The Balaban J connectivity index is 2.64. The average Bonchev–Trinajstić information content (AvgIpc) is 2.15. The number of aryl methyl sites for hydroxylation is 2. The summed E-state index contributed by atoms with van der Waals surface area (Å²) in [5.41, 5.74) is 5.40. The second-order valence-corrected chi connectivity index (χ2v) is 3.98. The van der Waals surface area contributed by atoms with Gasteiger partial charge in [0, 0.05) is 17.3 Å². The molecule has 0 bridgehead atoms. The summed E-state index contributed by atoms with van der Waals surface area (Å²) in [7, 11) is 0. The molecule has 0 saturated carbocycles. The predicted octanol–water partition coefficient (Wildman–Crippen LogP) is 2.14. The number of aromatic nitrogens is 2. The molecule has 1 heterocycles. The number of nitrogens with two attached hydrogens (primary N) is 1. The molecule has 1 aliphatic rings. The van der Waals surface area contributed by atoms with Crippen LogP contribution in [-0.2, 0) is 12.6 Å². The van der Waals surface area contributed by atoms with Gasteiger partial charge < -0.3 is 5.73 Å². The SMILES string of the molecule is Cc1nc2c(c(C(F)(F)F)n1)C(N)CCC2. The van der Waals surface area contributed by atoms with Crippen molar-refractivity contribution in [2.45, 2.75) is 38.4 Å². The van der Waals surface area contributed by atoms with Gasteiger partial charge in [-0.05, 0) is 26.2 Å². The molecular formula is C10H12F3N3. The van der Waals surface area contributed by atoms with Gasteiger partial charge in [0.15, 0.2) is 5.69 Å². The van der Waals surface area contributed by atoms with Gasteiger partial charge in [-0.1, -0.05) is 0 Å². The van der Waals surface area contributed by atoms with E-state index in [2.05, 4.69) is 9.97 Å². The Labute approximate surface area is 90.9 Å². The largest absolute Gasteiger partial charge is 0.433 e. The first kappa shape index (κ1) is 11.3. The number of hydrogen-bond acceptors (Lipinski definition) is 3. The Bertz CT molecular complexity index is 415. The minimum absolute atomic E-state index is 0.0874. The molecule has 1 unspecified atom stereocenters. The normalized spacial score (nSPS) is 20.7. The lowest BCUT2D eigenvalue weighted by molar-refractivity contribution is -0.142. The van der Waals surface area contributed by atoms with Crippen LogP contribution in [-0.4, -0.2) is 9.97 Å². The zero-order valence-corrected chi connectivity index (χ0v) is 8.80. The molecule has 0 saturated heterocycles. The van der Waals surface area contributed by atoms with E-state index in [0.717, 1.165) is 6.42 Å². The van der Waals surface area contributed by atoms with Crippen LogP contribution in [0.25, 0.3) is 0 Å². The molecule has 1 aromatic rings. The van der Waals surface area contributed by atoms with Crippen LogP contribution < -0.4 is 5.73 Å². The van der Waals surface area contributed by atoms with Gasteiger partial charge >= 0.3 is 6.18 Å². The van der Waals surface area contributed by atoms with Crippen molar-refractivity contribution in [2.24, 2.45) is 5.73 Å². The molecule has 0 fully saturated rings. The fourth-order valence-corrected chi connectivity index (χ4v) is 2.07. The lowest BCUT2D eigenvalue weighted by atomic mass is 9.90. The van der Waals surface area contributed by atoms with E-state index in [4.69, 9.17) is 5.73 Å². The zero-order valence-electron chi connectivity index (χ0n) is 8.80. The molecule has 0 amide bonds. The number of rotatable bonds is 0. The predicted molar refractivity (Wildman–Crippen MR) is 51.6 cm³/mol. The minimum atomic E-state index is -4.45. The molecule has 1 aromatic heterocycles. The highest BCUT2D eigenvalue weighted by Gasteiger charge is 2.39. The molecule has 0 aliphatic heterocycles. The highest BCUT2D eigenvalue weighted by atomic mass is 19.4.